The van der Waals surface area contributed by atoms with Crippen molar-refractivity contribution in [2.45, 2.75) is 284 Å². The second kappa shape index (κ2) is 44.5. The maximum absolute atomic E-state index is 12.8. The highest BCUT2D eigenvalue weighted by molar-refractivity contribution is 5.71. The van der Waals surface area contributed by atoms with Crippen molar-refractivity contribution in [1.82, 2.24) is 0 Å². The molecule has 0 spiro atoms. The van der Waals surface area contributed by atoms with Gasteiger partial charge in [0.05, 0.1) is 0 Å². The third-order valence-corrected chi connectivity index (χ3v) is 11.3. The van der Waals surface area contributed by atoms with Gasteiger partial charge in [-0.2, -0.15) is 0 Å². The molecule has 0 saturated carbocycles. The van der Waals surface area contributed by atoms with Crippen LogP contribution in [-0.2, 0) is 28.6 Å². The fourth-order valence-electron chi connectivity index (χ4n) is 7.51. The fourth-order valence-corrected chi connectivity index (χ4v) is 7.51. The molecule has 0 aromatic carbocycles. The van der Waals surface area contributed by atoms with E-state index in [1.54, 1.807) is 0 Å². The molecule has 1 atom stereocenters. The summed E-state index contributed by atoms with van der Waals surface area (Å²) in [6.45, 7) is 9.01. The highest BCUT2D eigenvalue weighted by Gasteiger charge is 2.19. The molecule has 0 radical (unpaired) electrons. The number of carbonyl (C=O) groups is 3. The van der Waals surface area contributed by atoms with Crippen LogP contribution in [0.5, 0.6) is 0 Å². The zero-order valence-corrected chi connectivity index (χ0v) is 38.1. The molecule has 6 heteroatoms. The molecule has 0 aliphatic heterocycles. The van der Waals surface area contributed by atoms with Crippen molar-refractivity contribution in [1.29, 1.82) is 0 Å². The lowest BCUT2D eigenvalue weighted by Gasteiger charge is -2.18. The molecule has 0 aliphatic carbocycles. The van der Waals surface area contributed by atoms with Gasteiger partial charge in [0, 0.05) is 19.3 Å². The molecule has 6 nitrogen and oxygen atoms in total. The van der Waals surface area contributed by atoms with Crippen molar-refractivity contribution < 1.29 is 28.6 Å². The molecular weight excluding hydrogens is 697 g/mol. The maximum Gasteiger partial charge on any atom is 0.306 e. The van der Waals surface area contributed by atoms with Crippen LogP contribution in [0.4, 0.5) is 0 Å². The van der Waals surface area contributed by atoms with Gasteiger partial charge in [0.1, 0.15) is 13.2 Å². The van der Waals surface area contributed by atoms with E-state index >= 15 is 0 Å². The van der Waals surface area contributed by atoms with E-state index in [9.17, 15) is 14.4 Å². The Balaban J connectivity index is 4.27. The molecule has 0 amide bonds. The van der Waals surface area contributed by atoms with Gasteiger partial charge in [-0.1, -0.05) is 240 Å². The minimum atomic E-state index is -0.759. The largest absolute Gasteiger partial charge is 0.462 e. The first-order valence-electron chi connectivity index (χ1n) is 24.9. The molecule has 0 saturated heterocycles. The SMILES string of the molecule is CCCCCCCCCCCCCC(=O)OC[C@H](COC(=O)CCCCCCCCCCCC)OC(=O)CCCCCCCCCCCCCCCCC(C)C. The van der Waals surface area contributed by atoms with Gasteiger partial charge >= 0.3 is 17.9 Å². The van der Waals surface area contributed by atoms with E-state index in [2.05, 4.69) is 27.7 Å². The van der Waals surface area contributed by atoms with E-state index in [0.29, 0.717) is 19.3 Å². The van der Waals surface area contributed by atoms with Crippen LogP contribution in [-0.4, -0.2) is 37.2 Å². The van der Waals surface area contributed by atoms with Gasteiger partial charge in [0.2, 0.25) is 0 Å². The van der Waals surface area contributed by atoms with Gasteiger partial charge in [-0.3, -0.25) is 14.4 Å². The molecule has 332 valence electrons. The Bertz CT molecular complexity index is 841. The number of rotatable bonds is 45. The first-order valence-corrected chi connectivity index (χ1v) is 24.9. The van der Waals surface area contributed by atoms with E-state index in [1.165, 1.54) is 173 Å². The zero-order chi connectivity index (χ0) is 41.0. The zero-order valence-electron chi connectivity index (χ0n) is 38.1. The van der Waals surface area contributed by atoms with Crippen LogP contribution in [0.15, 0.2) is 0 Å². The molecule has 0 aliphatic rings. The minimum Gasteiger partial charge on any atom is -0.462 e. The monoisotopic (exact) mass is 793 g/mol. The Morgan fingerprint density at radius 2 is 0.589 bits per heavy atom. The van der Waals surface area contributed by atoms with Crippen LogP contribution in [0, 0.1) is 5.92 Å². The average molecular weight is 793 g/mol. The fraction of sp³-hybridized carbons (Fsp3) is 0.940. The highest BCUT2D eigenvalue weighted by atomic mass is 16.6. The number of unbranched alkanes of at least 4 members (excludes halogenated alkanes) is 32. The van der Waals surface area contributed by atoms with E-state index < -0.39 is 6.10 Å². The normalized spacial score (nSPS) is 11.9. The summed E-state index contributed by atoms with van der Waals surface area (Å²) in [6.07, 6.45) is 45.1. The summed E-state index contributed by atoms with van der Waals surface area (Å²) in [5.41, 5.74) is 0. The number of carbonyl (C=O) groups excluding carboxylic acids is 3. The lowest BCUT2D eigenvalue weighted by atomic mass is 10.0. The predicted molar refractivity (Wildman–Crippen MR) is 238 cm³/mol. The van der Waals surface area contributed by atoms with E-state index in [4.69, 9.17) is 14.2 Å². The highest BCUT2D eigenvalue weighted by Crippen LogP contribution is 2.17. The summed E-state index contributed by atoms with van der Waals surface area (Å²) in [5.74, 6) is -0.00550. The van der Waals surface area contributed by atoms with Crippen LogP contribution in [0.1, 0.15) is 278 Å². The molecule has 56 heavy (non-hydrogen) atoms. The van der Waals surface area contributed by atoms with Gasteiger partial charge in [0.15, 0.2) is 6.10 Å². The molecule has 0 bridgehead atoms. The number of hydrogen-bond donors (Lipinski definition) is 0. The number of esters is 3. The molecule has 0 aromatic rings. The third-order valence-electron chi connectivity index (χ3n) is 11.3. The van der Waals surface area contributed by atoms with Crippen LogP contribution in [0.2, 0.25) is 0 Å². The molecule has 0 rings (SSSR count). The van der Waals surface area contributed by atoms with Crippen molar-refractivity contribution >= 4 is 17.9 Å². The second-order valence-corrected chi connectivity index (χ2v) is 17.6. The Kier molecular flexibility index (Phi) is 43.2. The van der Waals surface area contributed by atoms with Crippen LogP contribution in [0.3, 0.4) is 0 Å². The lowest BCUT2D eigenvalue weighted by Crippen LogP contribution is -2.30. The van der Waals surface area contributed by atoms with E-state index in [0.717, 1.165) is 63.7 Å². The summed E-state index contributed by atoms with van der Waals surface area (Å²) in [5, 5.41) is 0. The summed E-state index contributed by atoms with van der Waals surface area (Å²) >= 11 is 0. The van der Waals surface area contributed by atoms with Gasteiger partial charge in [-0.25, -0.2) is 0 Å². The summed E-state index contributed by atoms with van der Waals surface area (Å²) in [7, 11) is 0. The molecule has 0 unspecified atom stereocenters. The van der Waals surface area contributed by atoms with E-state index in [1.807, 2.05) is 0 Å². The summed E-state index contributed by atoms with van der Waals surface area (Å²) in [4.78, 5) is 37.8. The van der Waals surface area contributed by atoms with Crippen molar-refractivity contribution in [2.75, 3.05) is 13.2 Å². The topological polar surface area (TPSA) is 78.9 Å². The Morgan fingerprint density at radius 3 is 0.875 bits per heavy atom. The molecule has 0 N–H and O–H groups in total. The molecule has 0 fully saturated rings. The van der Waals surface area contributed by atoms with Crippen molar-refractivity contribution in [3.8, 4) is 0 Å². The summed E-state index contributed by atoms with van der Waals surface area (Å²) in [6, 6.07) is 0. The Morgan fingerprint density at radius 1 is 0.339 bits per heavy atom. The van der Waals surface area contributed by atoms with Crippen molar-refractivity contribution in [3.05, 3.63) is 0 Å². The average Bonchev–Trinajstić information content (AvgIpc) is 3.18. The first-order chi connectivity index (χ1) is 27.4. The molecular formula is C50H96O6. The van der Waals surface area contributed by atoms with Crippen molar-refractivity contribution in [2.24, 2.45) is 5.92 Å². The molecule has 0 heterocycles. The van der Waals surface area contributed by atoms with Crippen LogP contribution >= 0.6 is 0 Å². The third kappa shape index (κ3) is 43.5. The Hall–Kier alpha value is -1.59. The Labute approximate surface area is 348 Å². The number of ether oxygens (including phenoxy) is 3. The standard InChI is InChI=1S/C50H96O6/c1-5-7-9-11-13-15-21-26-30-34-38-42-49(52)55-45-47(44-54-48(51)41-37-33-29-25-16-14-12-10-8-6-2)56-50(53)43-39-35-31-27-23-20-18-17-19-22-24-28-32-36-40-46(3)4/h46-47H,5-45H2,1-4H3/t47-/m0/s1. The second-order valence-electron chi connectivity index (χ2n) is 17.6. The first kappa shape index (κ1) is 54.4. The van der Waals surface area contributed by atoms with Crippen LogP contribution in [0.25, 0.3) is 0 Å². The summed E-state index contributed by atoms with van der Waals surface area (Å²) < 4.78 is 16.8. The van der Waals surface area contributed by atoms with Crippen molar-refractivity contribution in [3.63, 3.8) is 0 Å². The smallest absolute Gasteiger partial charge is 0.306 e. The van der Waals surface area contributed by atoms with Gasteiger partial charge in [-0.05, 0) is 25.2 Å². The minimum absolute atomic E-state index is 0.0631. The van der Waals surface area contributed by atoms with Gasteiger partial charge in [0.25, 0.3) is 0 Å². The predicted octanol–water partition coefficient (Wildman–Crippen LogP) is 15.9. The van der Waals surface area contributed by atoms with Gasteiger partial charge < -0.3 is 14.2 Å². The van der Waals surface area contributed by atoms with E-state index in [-0.39, 0.29) is 31.1 Å². The van der Waals surface area contributed by atoms with Crippen LogP contribution < -0.4 is 0 Å². The quantitative estimate of drug-likeness (QED) is 0.0347. The maximum atomic E-state index is 12.8. The number of hydrogen-bond acceptors (Lipinski definition) is 6. The van der Waals surface area contributed by atoms with Gasteiger partial charge in [-0.15, -0.1) is 0 Å². The lowest BCUT2D eigenvalue weighted by molar-refractivity contribution is -0.167. The molecule has 0 aromatic heterocycles.